The molecule has 0 bridgehead atoms. The molecule has 228 valence electrons. The van der Waals surface area contributed by atoms with Crippen molar-refractivity contribution in [2.75, 3.05) is 55.1 Å². The van der Waals surface area contributed by atoms with Crippen LogP contribution in [0.15, 0.2) is 72.9 Å². The summed E-state index contributed by atoms with van der Waals surface area (Å²) >= 11 is 5.99. The van der Waals surface area contributed by atoms with E-state index < -0.39 is 0 Å². The first-order chi connectivity index (χ1) is 21.4. The Balaban J connectivity index is 1.38. The maximum atomic E-state index is 12.2. The fraction of sp³-hybridized carbons (Fsp3) is 0.324. The zero-order chi connectivity index (χ0) is 30.8. The third-order valence-corrected chi connectivity index (χ3v) is 8.72. The lowest BCUT2D eigenvalue weighted by Gasteiger charge is -2.29. The quantitative estimate of drug-likeness (QED) is 0.257. The fourth-order valence-electron chi connectivity index (χ4n) is 6.32. The van der Waals surface area contributed by atoms with Gasteiger partial charge in [0.1, 0.15) is 6.61 Å². The molecular weight excluding hydrogens is 572 g/mol. The highest BCUT2D eigenvalue weighted by molar-refractivity contribution is 7.80. The monoisotopic (exact) mass is 610 g/mol. The van der Waals surface area contributed by atoms with E-state index in [2.05, 4.69) is 75.2 Å². The second kappa shape index (κ2) is 12.8. The van der Waals surface area contributed by atoms with Gasteiger partial charge in [0.25, 0.3) is 0 Å². The minimum atomic E-state index is -0.194. The summed E-state index contributed by atoms with van der Waals surface area (Å²) in [5.74, 6) is -0.194. The lowest BCUT2D eigenvalue weighted by atomic mass is 9.96. The Morgan fingerprint density at radius 1 is 1.02 bits per heavy atom. The summed E-state index contributed by atoms with van der Waals surface area (Å²) < 4.78 is 12.8. The predicted octanol–water partition coefficient (Wildman–Crippen LogP) is 5.40. The second-order valence-electron chi connectivity index (χ2n) is 11.3. The van der Waals surface area contributed by atoms with E-state index in [0.29, 0.717) is 5.11 Å². The molecule has 0 aliphatic carbocycles. The molecule has 2 aromatic heterocycles. The standard InChI is InChI=1S/C34H38N6O3S/c1-22-19-27(12-13-29(22)36-31(41)21-42-4)40-33(32(37-34(40)44)30-7-5-6-14-35-30)28-20-23(2)39(24(28)3)26-10-8-25(9-11-26)38-15-17-43-18-16-38/h5-14,19-20,32-33H,15-18,21H2,1-4H3,(H,36,41)(H,37,44)/t32-,33+/m0/s1. The Labute approximate surface area is 263 Å². The molecule has 9 nitrogen and oxygen atoms in total. The summed E-state index contributed by atoms with van der Waals surface area (Å²) in [6.45, 7) is 9.64. The number of benzene rings is 2. The number of carbonyl (C=O) groups excluding carboxylic acids is 1. The molecule has 2 N–H and O–H groups in total. The van der Waals surface area contributed by atoms with Crippen molar-refractivity contribution < 1.29 is 14.3 Å². The predicted molar refractivity (Wildman–Crippen MR) is 178 cm³/mol. The minimum absolute atomic E-state index is 0.000707. The van der Waals surface area contributed by atoms with Crippen LogP contribution in [0.25, 0.3) is 5.69 Å². The van der Waals surface area contributed by atoms with Gasteiger partial charge in [-0.2, -0.15) is 0 Å². The Kier molecular flexibility index (Phi) is 8.65. The molecule has 4 aromatic rings. The number of methoxy groups -OCH3 is 1. The van der Waals surface area contributed by atoms with Gasteiger partial charge in [0, 0.05) is 60.5 Å². The molecule has 0 saturated carbocycles. The van der Waals surface area contributed by atoms with Crippen LogP contribution < -0.4 is 20.4 Å². The average molecular weight is 611 g/mol. The number of carbonyl (C=O) groups is 1. The van der Waals surface area contributed by atoms with Crippen LogP contribution in [-0.4, -0.2) is 60.6 Å². The fourth-order valence-corrected chi connectivity index (χ4v) is 6.67. The molecule has 2 aliphatic heterocycles. The SMILES string of the molecule is COCC(=O)Nc1ccc(N2C(=S)N[C@@H](c3ccccn3)[C@H]2c2cc(C)n(-c3ccc(N4CCOCC4)cc3)c2C)cc1C. The van der Waals surface area contributed by atoms with Gasteiger partial charge >= 0.3 is 0 Å². The normalized spacial score (nSPS) is 18.4. The van der Waals surface area contributed by atoms with E-state index in [9.17, 15) is 4.79 Å². The number of anilines is 3. The van der Waals surface area contributed by atoms with E-state index in [4.69, 9.17) is 26.7 Å². The first kappa shape index (κ1) is 29.8. The van der Waals surface area contributed by atoms with E-state index in [-0.39, 0.29) is 24.6 Å². The Morgan fingerprint density at radius 2 is 1.75 bits per heavy atom. The molecule has 2 aromatic carbocycles. The number of rotatable bonds is 8. The Bertz CT molecular complexity index is 1650. The van der Waals surface area contributed by atoms with Gasteiger partial charge in [0.15, 0.2) is 5.11 Å². The molecule has 2 saturated heterocycles. The lowest BCUT2D eigenvalue weighted by Crippen LogP contribution is -2.36. The average Bonchev–Trinajstić information content (AvgIpc) is 3.53. The molecular formula is C34H38N6O3S. The minimum Gasteiger partial charge on any atom is -0.378 e. The van der Waals surface area contributed by atoms with Crippen LogP contribution in [0, 0.1) is 20.8 Å². The number of hydrogen-bond donors (Lipinski definition) is 2. The van der Waals surface area contributed by atoms with Gasteiger partial charge in [-0.15, -0.1) is 0 Å². The summed E-state index contributed by atoms with van der Waals surface area (Å²) in [5.41, 5.74) is 9.30. The third kappa shape index (κ3) is 5.80. The number of aromatic nitrogens is 2. The highest BCUT2D eigenvalue weighted by atomic mass is 32.1. The number of aryl methyl sites for hydroxylation is 2. The molecule has 0 spiro atoms. The van der Waals surface area contributed by atoms with Crippen LogP contribution >= 0.6 is 12.2 Å². The van der Waals surface area contributed by atoms with E-state index in [0.717, 1.165) is 71.6 Å². The molecule has 0 radical (unpaired) electrons. The highest BCUT2D eigenvalue weighted by Crippen LogP contribution is 2.44. The van der Waals surface area contributed by atoms with Crippen molar-refractivity contribution >= 4 is 40.3 Å². The summed E-state index contributed by atoms with van der Waals surface area (Å²) in [7, 11) is 1.51. The molecule has 10 heteroatoms. The first-order valence-corrected chi connectivity index (χ1v) is 15.3. The molecule has 44 heavy (non-hydrogen) atoms. The van der Waals surface area contributed by atoms with Gasteiger partial charge < -0.3 is 34.5 Å². The van der Waals surface area contributed by atoms with Crippen molar-refractivity contribution in [2.24, 2.45) is 0 Å². The van der Waals surface area contributed by atoms with Crippen molar-refractivity contribution in [1.82, 2.24) is 14.9 Å². The van der Waals surface area contributed by atoms with Crippen molar-refractivity contribution in [3.8, 4) is 5.69 Å². The van der Waals surface area contributed by atoms with Gasteiger partial charge in [0.2, 0.25) is 5.91 Å². The molecule has 6 rings (SSSR count). The number of ether oxygens (including phenoxy) is 2. The summed E-state index contributed by atoms with van der Waals surface area (Å²) in [5, 5.41) is 7.13. The van der Waals surface area contributed by atoms with Crippen LogP contribution in [-0.2, 0) is 14.3 Å². The van der Waals surface area contributed by atoms with Crippen LogP contribution in [0.3, 0.4) is 0 Å². The molecule has 2 atom stereocenters. The molecule has 0 unspecified atom stereocenters. The van der Waals surface area contributed by atoms with Crippen LogP contribution in [0.4, 0.5) is 17.1 Å². The van der Waals surface area contributed by atoms with E-state index in [1.165, 1.54) is 12.8 Å². The maximum absolute atomic E-state index is 12.2. The smallest absolute Gasteiger partial charge is 0.250 e. The summed E-state index contributed by atoms with van der Waals surface area (Å²) in [6, 6.07) is 22.7. The Morgan fingerprint density at radius 3 is 2.43 bits per heavy atom. The number of pyridine rings is 1. The molecule has 2 fully saturated rings. The number of morpholine rings is 1. The van der Waals surface area contributed by atoms with Crippen molar-refractivity contribution in [2.45, 2.75) is 32.9 Å². The molecule has 2 aliphatic rings. The topological polar surface area (TPSA) is 83.9 Å². The van der Waals surface area contributed by atoms with E-state index in [1.54, 1.807) is 0 Å². The largest absolute Gasteiger partial charge is 0.378 e. The molecule has 4 heterocycles. The number of nitrogens with one attached hydrogen (secondary N) is 2. The summed E-state index contributed by atoms with van der Waals surface area (Å²) in [4.78, 5) is 21.5. The van der Waals surface area contributed by atoms with Crippen molar-refractivity contribution in [3.63, 3.8) is 0 Å². The first-order valence-electron chi connectivity index (χ1n) is 14.9. The number of hydrogen-bond acceptors (Lipinski definition) is 6. The third-order valence-electron chi connectivity index (χ3n) is 8.41. The second-order valence-corrected chi connectivity index (χ2v) is 11.6. The van der Waals surface area contributed by atoms with Crippen LogP contribution in [0.5, 0.6) is 0 Å². The number of amides is 1. The van der Waals surface area contributed by atoms with Crippen molar-refractivity contribution in [3.05, 3.63) is 101 Å². The van der Waals surface area contributed by atoms with Crippen LogP contribution in [0.1, 0.15) is 40.3 Å². The van der Waals surface area contributed by atoms with Gasteiger partial charge in [-0.1, -0.05) is 6.07 Å². The van der Waals surface area contributed by atoms with E-state index in [1.807, 2.05) is 43.5 Å². The maximum Gasteiger partial charge on any atom is 0.250 e. The zero-order valence-corrected chi connectivity index (χ0v) is 26.4. The zero-order valence-electron chi connectivity index (χ0n) is 25.5. The van der Waals surface area contributed by atoms with Gasteiger partial charge in [-0.3, -0.25) is 9.78 Å². The molecule has 1 amide bonds. The number of thiocarbonyl (C=S) groups is 1. The number of nitrogens with zero attached hydrogens (tertiary/aromatic N) is 4. The van der Waals surface area contributed by atoms with Gasteiger partial charge in [-0.05, 0) is 105 Å². The van der Waals surface area contributed by atoms with Crippen molar-refractivity contribution in [1.29, 1.82) is 0 Å². The van der Waals surface area contributed by atoms with Gasteiger partial charge in [0.05, 0.1) is 31.0 Å². The highest BCUT2D eigenvalue weighted by Gasteiger charge is 2.42. The summed E-state index contributed by atoms with van der Waals surface area (Å²) in [6.07, 6.45) is 1.82. The van der Waals surface area contributed by atoms with Crippen LogP contribution in [0.2, 0.25) is 0 Å². The lowest BCUT2D eigenvalue weighted by molar-refractivity contribution is -0.119. The van der Waals surface area contributed by atoms with E-state index >= 15 is 0 Å². The Hall–Kier alpha value is -4.25. The van der Waals surface area contributed by atoms with Gasteiger partial charge in [-0.25, -0.2) is 0 Å².